The third-order valence-corrected chi connectivity index (χ3v) is 4.01. The summed E-state index contributed by atoms with van der Waals surface area (Å²) in [4.78, 5) is 2.30. The van der Waals surface area contributed by atoms with Gasteiger partial charge in [-0.3, -0.25) is 9.58 Å². The number of hydrogen-bond acceptors (Lipinski definition) is 3. The van der Waals surface area contributed by atoms with Crippen LogP contribution in [0.2, 0.25) is 0 Å². The minimum Gasteiger partial charge on any atom is -0.294 e. The zero-order valence-electron chi connectivity index (χ0n) is 11.7. The van der Waals surface area contributed by atoms with E-state index in [1.54, 1.807) is 18.3 Å². The number of likely N-dealkylation sites (tertiary alicyclic amines) is 1. The fraction of sp³-hybridized carbons (Fsp3) is 0.375. The molecule has 4 nitrogen and oxygen atoms in total. The predicted molar refractivity (Wildman–Crippen MR) is 76.8 cm³/mol. The lowest BCUT2D eigenvalue weighted by Crippen LogP contribution is -2.33. The lowest BCUT2D eigenvalue weighted by atomic mass is 10.1. The molecular formula is C16H17FN4. The Hall–Kier alpha value is -2.19. The predicted octanol–water partition coefficient (Wildman–Crippen LogP) is 2.56. The number of aromatic nitrogens is 2. The molecule has 2 aromatic rings. The molecule has 0 aliphatic carbocycles. The van der Waals surface area contributed by atoms with Crippen molar-refractivity contribution in [1.82, 2.24) is 14.7 Å². The van der Waals surface area contributed by atoms with E-state index in [0.29, 0.717) is 23.7 Å². The van der Waals surface area contributed by atoms with Gasteiger partial charge in [-0.15, -0.1) is 0 Å². The summed E-state index contributed by atoms with van der Waals surface area (Å²) in [6.07, 6.45) is 5.97. The van der Waals surface area contributed by atoms with Gasteiger partial charge in [-0.2, -0.15) is 10.4 Å². The second kappa shape index (κ2) is 6.06. The molecule has 1 atom stereocenters. The van der Waals surface area contributed by atoms with Crippen LogP contribution in [-0.4, -0.2) is 27.3 Å². The molecule has 0 bridgehead atoms. The molecule has 1 aliphatic rings. The Morgan fingerprint density at radius 3 is 3.05 bits per heavy atom. The minimum absolute atomic E-state index is 0.293. The van der Waals surface area contributed by atoms with Crippen molar-refractivity contribution in [3.63, 3.8) is 0 Å². The van der Waals surface area contributed by atoms with Gasteiger partial charge in [0.2, 0.25) is 0 Å². The van der Waals surface area contributed by atoms with Crippen LogP contribution in [0.3, 0.4) is 0 Å². The van der Waals surface area contributed by atoms with Crippen LogP contribution >= 0.6 is 0 Å². The van der Waals surface area contributed by atoms with Gasteiger partial charge >= 0.3 is 0 Å². The van der Waals surface area contributed by atoms with Gasteiger partial charge in [-0.1, -0.05) is 6.07 Å². The van der Waals surface area contributed by atoms with Crippen molar-refractivity contribution in [2.24, 2.45) is 0 Å². The molecule has 108 valence electrons. The minimum atomic E-state index is -0.293. The highest BCUT2D eigenvalue weighted by atomic mass is 19.1. The standard InChI is InChI=1S/C16H17FN4/c17-16-9-13(10-18)4-5-14(16)11-20-7-1-3-15(20)12-21-8-2-6-19-21/h2,4-6,8-9,15H,1,3,7,11-12H2/t15-/m1/s1. The average molecular weight is 284 g/mol. The number of rotatable bonds is 4. The molecule has 1 aliphatic heterocycles. The van der Waals surface area contributed by atoms with Crippen LogP contribution in [0.15, 0.2) is 36.7 Å². The van der Waals surface area contributed by atoms with E-state index < -0.39 is 0 Å². The van der Waals surface area contributed by atoms with Gasteiger partial charge in [-0.05, 0) is 37.6 Å². The highest BCUT2D eigenvalue weighted by Gasteiger charge is 2.25. The van der Waals surface area contributed by atoms with Crippen LogP contribution in [0.4, 0.5) is 4.39 Å². The SMILES string of the molecule is N#Cc1ccc(CN2CCC[C@@H]2Cn2cccn2)c(F)c1. The van der Waals surface area contributed by atoms with Gasteiger partial charge in [-0.25, -0.2) is 4.39 Å². The lowest BCUT2D eigenvalue weighted by Gasteiger charge is -2.24. The van der Waals surface area contributed by atoms with Crippen molar-refractivity contribution in [1.29, 1.82) is 5.26 Å². The summed E-state index contributed by atoms with van der Waals surface area (Å²) in [6.45, 7) is 2.40. The van der Waals surface area contributed by atoms with Crippen LogP contribution < -0.4 is 0 Å². The lowest BCUT2D eigenvalue weighted by molar-refractivity contribution is 0.216. The van der Waals surface area contributed by atoms with Crippen LogP contribution in [0.1, 0.15) is 24.0 Å². The second-order valence-corrected chi connectivity index (χ2v) is 5.41. The maximum absolute atomic E-state index is 14.0. The smallest absolute Gasteiger partial charge is 0.129 e. The van der Waals surface area contributed by atoms with E-state index in [1.165, 1.54) is 6.07 Å². The van der Waals surface area contributed by atoms with Crippen LogP contribution in [0.5, 0.6) is 0 Å². The Kier molecular flexibility index (Phi) is 3.98. The Bertz CT molecular complexity index is 645. The molecule has 1 aromatic carbocycles. The fourth-order valence-electron chi connectivity index (χ4n) is 2.90. The van der Waals surface area contributed by atoms with Crippen LogP contribution in [0, 0.1) is 17.1 Å². The first-order chi connectivity index (χ1) is 10.3. The largest absolute Gasteiger partial charge is 0.294 e. The van der Waals surface area contributed by atoms with Crippen LogP contribution in [-0.2, 0) is 13.1 Å². The Morgan fingerprint density at radius 2 is 2.33 bits per heavy atom. The highest BCUT2D eigenvalue weighted by Crippen LogP contribution is 2.22. The molecule has 0 unspecified atom stereocenters. The summed E-state index contributed by atoms with van der Waals surface area (Å²) in [5.41, 5.74) is 1.02. The van der Waals surface area contributed by atoms with E-state index in [9.17, 15) is 4.39 Å². The molecule has 5 heteroatoms. The first kappa shape index (κ1) is 13.8. The van der Waals surface area contributed by atoms with E-state index >= 15 is 0 Å². The Balaban J connectivity index is 1.70. The van der Waals surface area contributed by atoms with Crippen molar-refractivity contribution in [2.75, 3.05) is 6.54 Å². The van der Waals surface area contributed by atoms with Crippen molar-refractivity contribution in [3.05, 3.63) is 53.6 Å². The molecule has 0 spiro atoms. The summed E-state index contributed by atoms with van der Waals surface area (Å²) >= 11 is 0. The first-order valence-corrected chi connectivity index (χ1v) is 7.16. The molecule has 0 radical (unpaired) electrons. The second-order valence-electron chi connectivity index (χ2n) is 5.41. The Morgan fingerprint density at radius 1 is 1.43 bits per heavy atom. The molecule has 0 saturated carbocycles. The molecule has 1 saturated heterocycles. The monoisotopic (exact) mass is 284 g/mol. The van der Waals surface area contributed by atoms with Crippen molar-refractivity contribution in [3.8, 4) is 6.07 Å². The third-order valence-electron chi connectivity index (χ3n) is 4.01. The van der Waals surface area contributed by atoms with Gasteiger partial charge in [0.15, 0.2) is 0 Å². The van der Waals surface area contributed by atoms with Gasteiger partial charge < -0.3 is 0 Å². The molecule has 3 rings (SSSR count). The van der Waals surface area contributed by atoms with E-state index in [1.807, 2.05) is 23.0 Å². The average Bonchev–Trinajstić information content (AvgIpc) is 3.14. The van der Waals surface area contributed by atoms with Crippen LogP contribution in [0.25, 0.3) is 0 Å². The van der Waals surface area contributed by atoms with Crippen molar-refractivity contribution >= 4 is 0 Å². The summed E-state index contributed by atoms with van der Waals surface area (Å²) in [5.74, 6) is -0.293. The Labute approximate surface area is 123 Å². The first-order valence-electron chi connectivity index (χ1n) is 7.16. The maximum Gasteiger partial charge on any atom is 0.129 e. The molecular weight excluding hydrogens is 267 g/mol. The normalized spacial score (nSPS) is 18.8. The van der Waals surface area contributed by atoms with Gasteiger partial charge in [0, 0.05) is 30.5 Å². The molecule has 1 fully saturated rings. The zero-order chi connectivity index (χ0) is 14.7. The summed E-state index contributed by atoms with van der Waals surface area (Å²) < 4.78 is 15.9. The summed E-state index contributed by atoms with van der Waals surface area (Å²) in [6, 6.07) is 8.98. The van der Waals surface area contributed by atoms with Crippen molar-refractivity contribution in [2.45, 2.75) is 32.0 Å². The molecule has 0 amide bonds. The maximum atomic E-state index is 14.0. The number of benzene rings is 1. The van der Waals surface area contributed by atoms with Gasteiger partial charge in [0.25, 0.3) is 0 Å². The van der Waals surface area contributed by atoms with Gasteiger partial charge in [0.05, 0.1) is 18.2 Å². The molecule has 21 heavy (non-hydrogen) atoms. The molecule has 2 heterocycles. The van der Waals surface area contributed by atoms with E-state index in [-0.39, 0.29) is 5.82 Å². The third kappa shape index (κ3) is 3.11. The highest BCUT2D eigenvalue weighted by molar-refractivity contribution is 5.32. The van der Waals surface area contributed by atoms with E-state index in [2.05, 4.69) is 10.00 Å². The number of halogens is 1. The topological polar surface area (TPSA) is 44.9 Å². The zero-order valence-corrected chi connectivity index (χ0v) is 11.7. The number of hydrogen-bond donors (Lipinski definition) is 0. The summed E-state index contributed by atoms with van der Waals surface area (Å²) in [7, 11) is 0. The van der Waals surface area contributed by atoms with Crippen molar-refractivity contribution < 1.29 is 4.39 Å². The van der Waals surface area contributed by atoms with Gasteiger partial charge in [0.1, 0.15) is 5.82 Å². The van der Waals surface area contributed by atoms with E-state index in [4.69, 9.17) is 5.26 Å². The summed E-state index contributed by atoms with van der Waals surface area (Å²) in [5, 5.41) is 13.0. The number of nitrogens with zero attached hydrogens (tertiary/aromatic N) is 4. The number of nitriles is 1. The van der Waals surface area contributed by atoms with E-state index in [0.717, 1.165) is 25.9 Å². The quantitative estimate of drug-likeness (QED) is 0.866. The fourth-order valence-corrected chi connectivity index (χ4v) is 2.90. The molecule has 0 N–H and O–H groups in total. The molecule has 1 aromatic heterocycles.